The van der Waals surface area contributed by atoms with Gasteiger partial charge < -0.3 is 14.2 Å². The van der Waals surface area contributed by atoms with Crippen molar-refractivity contribution in [1.82, 2.24) is 33.1 Å². The summed E-state index contributed by atoms with van der Waals surface area (Å²) in [5.41, 5.74) is 0.871. The Balaban J connectivity index is 1.71. The number of β-amino-alcohol motifs (C(OH)–C–C–N with tert-alkyl or cyclic N) is 1. The molecular formula is C16H21N7O3. The van der Waals surface area contributed by atoms with Gasteiger partial charge in [0.05, 0.1) is 30.5 Å². The van der Waals surface area contributed by atoms with Crippen molar-refractivity contribution in [3.05, 3.63) is 45.4 Å². The number of rotatable bonds is 3. The van der Waals surface area contributed by atoms with Gasteiger partial charge in [-0.15, -0.1) is 0 Å². The van der Waals surface area contributed by atoms with Crippen LogP contribution in [-0.2, 0) is 27.7 Å². The van der Waals surface area contributed by atoms with Crippen LogP contribution in [-0.4, -0.2) is 57.4 Å². The SMILES string of the molecule is Cn1cncc1CN1C[C@H](O)[C@@H](n2cnc3c(=O)n(C)c(=O)n(C)c32)C1. The number of hydrogen-bond acceptors (Lipinski definition) is 6. The maximum atomic E-state index is 12.3. The summed E-state index contributed by atoms with van der Waals surface area (Å²) >= 11 is 0. The summed E-state index contributed by atoms with van der Waals surface area (Å²) in [7, 11) is 4.97. The molecule has 4 heterocycles. The number of imidazole rings is 2. The highest BCUT2D eigenvalue weighted by atomic mass is 16.3. The molecule has 10 heteroatoms. The zero-order valence-corrected chi connectivity index (χ0v) is 14.9. The molecule has 1 aliphatic heterocycles. The zero-order chi connectivity index (χ0) is 18.6. The number of aryl methyl sites for hydroxylation is 2. The Bertz CT molecular complexity index is 1090. The lowest BCUT2D eigenvalue weighted by atomic mass is 10.2. The topological polar surface area (TPSA) is 103 Å². The van der Waals surface area contributed by atoms with Gasteiger partial charge in [-0.05, 0) is 0 Å². The van der Waals surface area contributed by atoms with E-state index in [1.54, 1.807) is 24.1 Å². The summed E-state index contributed by atoms with van der Waals surface area (Å²) in [6.07, 6.45) is 4.46. The first-order chi connectivity index (χ1) is 12.4. The van der Waals surface area contributed by atoms with Crippen molar-refractivity contribution in [3.8, 4) is 0 Å². The maximum Gasteiger partial charge on any atom is 0.332 e. The van der Waals surface area contributed by atoms with Crippen LogP contribution in [0.1, 0.15) is 11.7 Å². The van der Waals surface area contributed by atoms with Gasteiger partial charge in [-0.3, -0.25) is 18.8 Å². The van der Waals surface area contributed by atoms with Gasteiger partial charge in [0.25, 0.3) is 5.56 Å². The molecule has 1 fully saturated rings. The molecule has 138 valence electrons. The second kappa shape index (κ2) is 5.92. The Morgan fingerprint density at radius 1 is 1.15 bits per heavy atom. The number of fused-ring (bicyclic) bond motifs is 1. The van der Waals surface area contributed by atoms with Crippen molar-refractivity contribution in [2.24, 2.45) is 21.1 Å². The highest BCUT2D eigenvalue weighted by Crippen LogP contribution is 2.26. The number of aliphatic hydroxyl groups excluding tert-OH is 1. The molecule has 0 spiro atoms. The van der Waals surface area contributed by atoms with E-state index in [2.05, 4.69) is 14.9 Å². The quantitative estimate of drug-likeness (QED) is 0.616. The van der Waals surface area contributed by atoms with Crippen LogP contribution in [0.4, 0.5) is 0 Å². The lowest BCUT2D eigenvalue weighted by Crippen LogP contribution is -2.38. The Kier molecular flexibility index (Phi) is 3.81. The van der Waals surface area contributed by atoms with Gasteiger partial charge in [-0.1, -0.05) is 0 Å². The normalized spacial score (nSPS) is 21.1. The van der Waals surface area contributed by atoms with E-state index in [-0.39, 0.29) is 11.6 Å². The highest BCUT2D eigenvalue weighted by Gasteiger charge is 2.34. The fourth-order valence-corrected chi connectivity index (χ4v) is 3.66. The van der Waals surface area contributed by atoms with Crippen molar-refractivity contribution < 1.29 is 5.11 Å². The number of aromatic nitrogens is 6. The zero-order valence-electron chi connectivity index (χ0n) is 14.9. The molecule has 0 aliphatic carbocycles. The van der Waals surface area contributed by atoms with E-state index >= 15 is 0 Å². The fourth-order valence-electron chi connectivity index (χ4n) is 3.66. The van der Waals surface area contributed by atoms with Gasteiger partial charge in [-0.25, -0.2) is 14.8 Å². The predicted molar refractivity (Wildman–Crippen MR) is 93.7 cm³/mol. The number of hydrogen-bond donors (Lipinski definition) is 1. The third kappa shape index (κ3) is 2.41. The number of nitrogens with zero attached hydrogens (tertiary/aromatic N) is 7. The second-order valence-corrected chi connectivity index (χ2v) is 6.85. The summed E-state index contributed by atoms with van der Waals surface area (Å²) in [4.78, 5) is 35.0. The van der Waals surface area contributed by atoms with Crippen LogP contribution in [0.15, 0.2) is 28.4 Å². The summed E-state index contributed by atoms with van der Waals surface area (Å²) in [5.74, 6) is 0. The number of aliphatic hydroxyl groups is 1. The molecule has 0 unspecified atom stereocenters. The van der Waals surface area contributed by atoms with Crippen LogP contribution in [0.2, 0.25) is 0 Å². The van der Waals surface area contributed by atoms with Crippen LogP contribution in [0.3, 0.4) is 0 Å². The molecule has 2 atom stereocenters. The van der Waals surface area contributed by atoms with Gasteiger partial charge in [0, 0.05) is 47.0 Å². The van der Waals surface area contributed by atoms with E-state index in [4.69, 9.17) is 0 Å². The average Bonchev–Trinajstić information content (AvgIpc) is 3.30. The summed E-state index contributed by atoms with van der Waals surface area (Å²) in [6.45, 7) is 1.74. The van der Waals surface area contributed by atoms with Gasteiger partial charge in [0.1, 0.15) is 5.65 Å². The van der Waals surface area contributed by atoms with Crippen LogP contribution in [0, 0.1) is 0 Å². The summed E-state index contributed by atoms with van der Waals surface area (Å²) < 4.78 is 6.13. The molecule has 3 aromatic rings. The van der Waals surface area contributed by atoms with E-state index in [9.17, 15) is 14.7 Å². The predicted octanol–water partition coefficient (Wildman–Crippen LogP) is -1.41. The average molecular weight is 359 g/mol. The van der Waals surface area contributed by atoms with Crippen molar-refractivity contribution in [2.45, 2.75) is 18.7 Å². The van der Waals surface area contributed by atoms with Gasteiger partial charge in [0.15, 0.2) is 5.52 Å². The van der Waals surface area contributed by atoms with E-state index in [1.165, 1.54) is 17.9 Å². The van der Waals surface area contributed by atoms with Gasteiger partial charge in [0.2, 0.25) is 0 Å². The molecule has 0 aromatic carbocycles. The van der Waals surface area contributed by atoms with Crippen molar-refractivity contribution in [3.63, 3.8) is 0 Å². The minimum atomic E-state index is -0.625. The molecule has 0 radical (unpaired) electrons. The smallest absolute Gasteiger partial charge is 0.332 e. The van der Waals surface area contributed by atoms with E-state index in [1.807, 2.05) is 11.6 Å². The van der Waals surface area contributed by atoms with Gasteiger partial charge >= 0.3 is 5.69 Å². The molecule has 1 aliphatic rings. The molecular weight excluding hydrogens is 338 g/mol. The molecule has 10 nitrogen and oxygen atoms in total. The first kappa shape index (κ1) is 16.7. The molecule has 4 rings (SSSR count). The molecule has 0 saturated carbocycles. The summed E-state index contributed by atoms with van der Waals surface area (Å²) in [5, 5.41) is 10.6. The Hall–Kier alpha value is -2.72. The third-order valence-electron chi connectivity index (χ3n) is 5.16. The summed E-state index contributed by atoms with van der Waals surface area (Å²) in [6, 6.07) is -0.286. The minimum Gasteiger partial charge on any atom is -0.390 e. The molecule has 3 aromatic heterocycles. The largest absolute Gasteiger partial charge is 0.390 e. The van der Waals surface area contributed by atoms with Gasteiger partial charge in [-0.2, -0.15) is 0 Å². The second-order valence-electron chi connectivity index (χ2n) is 6.85. The van der Waals surface area contributed by atoms with Crippen molar-refractivity contribution in [2.75, 3.05) is 13.1 Å². The fraction of sp³-hybridized carbons (Fsp3) is 0.500. The van der Waals surface area contributed by atoms with Crippen LogP contribution < -0.4 is 11.2 Å². The van der Waals surface area contributed by atoms with E-state index in [0.717, 1.165) is 10.3 Å². The van der Waals surface area contributed by atoms with Crippen LogP contribution in [0.5, 0.6) is 0 Å². The highest BCUT2D eigenvalue weighted by molar-refractivity contribution is 5.70. The Morgan fingerprint density at radius 3 is 2.62 bits per heavy atom. The molecule has 0 bridgehead atoms. The Morgan fingerprint density at radius 2 is 1.92 bits per heavy atom. The molecule has 1 N–H and O–H groups in total. The molecule has 1 saturated heterocycles. The maximum absolute atomic E-state index is 12.3. The van der Waals surface area contributed by atoms with Crippen LogP contribution >= 0.6 is 0 Å². The molecule has 26 heavy (non-hydrogen) atoms. The number of likely N-dealkylation sites (tertiary alicyclic amines) is 1. The van der Waals surface area contributed by atoms with Crippen molar-refractivity contribution >= 4 is 11.2 Å². The van der Waals surface area contributed by atoms with E-state index in [0.29, 0.717) is 25.3 Å². The third-order valence-corrected chi connectivity index (χ3v) is 5.16. The lowest BCUT2D eigenvalue weighted by molar-refractivity contribution is 0.144. The Labute approximate surface area is 148 Å². The first-order valence-electron chi connectivity index (χ1n) is 8.36. The standard InChI is InChI=1S/C16H21N7O3/c1-19-8-17-4-10(19)5-22-6-11(12(24)7-22)23-9-18-13-14(23)20(2)16(26)21(3)15(13)25/h4,8-9,11-12,24H,5-7H2,1-3H3/t11-,12-/m0/s1. The van der Waals surface area contributed by atoms with Crippen molar-refractivity contribution in [1.29, 1.82) is 0 Å². The van der Waals surface area contributed by atoms with E-state index < -0.39 is 17.4 Å². The minimum absolute atomic E-state index is 0.229. The molecule has 0 amide bonds. The first-order valence-corrected chi connectivity index (χ1v) is 8.36. The monoisotopic (exact) mass is 359 g/mol. The van der Waals surface area contributed by atoms with Crippen LogP contribution in [0.25, 0.3) is 11.2 Å². The lowest BCUT2D eigenvalue weighted by Gasteiger charge is -2.18.